The molecule has 0 radical (unpaired) electrons. The highest BCUT2D eigenvalue weighted by Gasteiger charge is 2.07. The number of hydrogen-bond acceptors (Lipinski definition) is 1. The Hall–Kier alpha value is -1.63. The van der Waals surface area contributed by atoms with Crippen LogP contribution in [0.3, 0.4) is 0 Å². The average Bonchev–Trinajstić information content (AvgIpc) is 2.40. The van der Waals surface area contributed by atoms with Gasteiger partial charge in [-0.25, -0.2) is 0 Å². The minimum Gasteiger partial charge on any atom is -0.264 e. The van der Waals surface area contributed by atoms with E-state index in [0.29, 0.717) is 5.92 Å². The lowest BCUT2D eigenvalue weighted by Gasteiger charge is -2.14. The zero-order valence-electron chi connectivity index (χ0n) is 11.3. The molecule has 0 N–H and O–H groups in total. The predicted octanol–water partition coefficient (Wildman–Crippen LogP) is 4.52. The summed E-state index contributed by atoms with van der Waals surface area (Å²) >= 11 is 0. The van der Waals surface area contributed by atoms with Crippen molar-refractivity contribution in [3.05, 3.63) is 65.5 Å². The molecule has 0 fully saturated rings. The molecule has 1 aromatic heterocycles. The van der Waals surface area contributed by atoms with Crippen molar-refractivity contribution in [1.29, 1.82) is 0 Å². The van der Waals surface area contributed by atoms with E-state index in [4.69, 9.17) is 0 Å². The highest BCUT2D eigenvalue weighted by Crippen LogP contribution is 2.23. The second-order valence-electron chi connectivity index (χ2n) is 5.01. The number of pyridine rings is 1. The Morgan fingerprint density at radius 3 is 2.61 bits per heavy atom. The fourth-order valence-electron chi connectivity index (χ4n) is 2.45. The van der Waals surface area contributed by atoms with Crippen molar-refractivity contribution in [2.75, 3.05) is 0 Å². The largest absolute Gasteiger partial charge is 0.264 e. The molecule has 0 bridgehead atoms. The van der Waals surface area contributed by atoms with Crippen LogP contribution >= 0.6 is 0 Å². The van der Waals surface area contributed by atoms with Gasteiger partial charge in [0, 0.05) is 12.4 Å². The van der Waals surface area contributed by atoms with Crippen LogP contribution in [0.2, 0.25) is 0 Å². The molecule has 0 aliphatic heterocycles. The zero-order valence-corrected chi connectivity index (χ0v) is 11.3. The molecule has 18 heavy (non-hydrogen) atoms. The summed E-state index contributed by atoms with van der Waals surface area (Å²) in [4.78, 5) is 4.16. The van der Waals surface area contributed by atoms with E-state index in [1.807, 2.05) is 12.4 Å². The number of aryl methyl sites for hydroxylation is 2. The molecule has 0 spiro atoms. The summed E-state index contributed by atoms with van der Waals surface area (Å²) in [5.41, 5.74) is 4.19. The summed E-state index contributed by atoms with van der Waals surface area (Å²) in [6, 6.07) is 12.9. The number of rotatable bonds is 5. The Morgan fingerprint density at radius 2 is 1.89 bits per heavy atom. The van der Waals surface area contributed by atoms with Crippen LogP contribution in [-0.4, -0.2) is 4.98 Å². The Bertz CT molecular complexity index is 476. The fraction of sp³-hybridized carbons (Fsp3) is 0.353. The third-order valence-electron chi connectivity index (χ3n) is 3.54. The summed E-state index contributed by atoms with van der Waals surface area (Å²) in [7, 11) is 0. The monoisotopic (exact) mass is 239 g/mol. The molecule has 1 atom stereocenters. The second-order valence-corrected chi connectivity index (χ2v) is 5.01. The molecule has 0 aliphatic rings. The van der Waals surface area contributed by atoms with Gasteiger partial charge in [-0.1, -0.05) is 37.3 Å². The van der Waals surface area contributed by atoms with Crippen molar-refractivity contribution in [2.24, 2.45) is 0 Å². The molecule has 2 rings (SSSR count). The molecular formula is C17H21N. The van der Waals surface area contributed by atoms with Gasteiger partial charge in [-0.15, -0.1) is 0 Å². The van der Waals surface area contributed by atoms with Gasteiger partial charge in [-0.3, -0.25) is 4.98 Å². The third-order valence-corrected chi connectivity index (χ3v) is 3.54. The lowest BCUT2D eigenvalue weighted by molar-refractivity contribution is 0.630. The van der Waals surface area contributed by atoms with Crippen LogP contribution in [0.5, 0.6) is 0 Å². The number of aromatic nitrogens is 1. The van der Waals surface area contributed by atoms with Gasteiger partial charge in [0.05, 0.1) is 0 Å². The van der Waals surface area contributed by atoms with Gasteiger partial charge in [0.15, 0.2) is 0 Å². The van der Waals surface area contributed by atoms with Gasteiger partial charge in [-0.05, 0) is 54.9 Å². The van der Waals surface area contributed by atoms with E-state index in [-0.39, 0.29) is 0 Å². The number of benzene rings is 1. The van der Waals surface area contributed by atoms with Gasteiger partial charge in [-0.2, -0.15) is 0 Å². The highest BCUT2D eigenvalue weighted by molar-refractivity contribution is 5.25. The van der Waals surface area contributed by atoms with E-state index in [2.05, 4.69) is 55.2 Å². The van der Waals surface area contributed by atoms with Crippen molar-refractivity contribution < 1.29 is 0 Å². The smallest absolute Gasteiger partial charge is 0.0299 e. The molecule has 0 saturated heterocycles. The topological polar surface area (TPSA) is 12.9 Å². The fourth-order valence-corrected chi connectivity index (χ4v) is 2.45. The van der Waals surface area contributed by atoms with E-state index >= 15 is 0 Å². The van der Waals surface area contributed by atoms with Crippen molar-refractivity contribution >= 4 is 0 Å². The molecular weight excluding hydrogens is 218 g/mol. The summed E-state index contributed by atoms with van der Waals surface area (Å²) in [5.74, 6) is 0.622. The molecule has 0 amide bonds. The molecule has 94 valence electrons. The predicted molar refractivity (Wildman–Crippen MR) is 76.8 cm³/mol. The van der Waals surface area contributed by atoms with Crippen LogP contribution < -0.4 is 0 Å². The van der Waals surface area contributed by atoms with E-state index in [1.165, 1.54) is 36.0 Å². The first-order valence-electron chi connectivity index (χ1n) is 6.72. The van der Waals surface area contributed by atoms with Crippen LogP contribution in [0, 0.1) is 6.92 Å². The maximum absolute atomic E-state index is 4.16. The standard InChI is InChI=1S/C17H21N/c1-14(17-11-12-18-13-15(17)2)7-6-10-16-8-4-3-5-9-16/h3-5,8-9,11-14H,6-7,10H2,1-2H3. The van der Waals surface area contributed by atoms with Crippen LogP contribution in [0.15, 0.2) is 48.8 Å². The summed E-state index contributed by atoms with van der Waals surface area (Å²) in [5, 5.41) is 0. The van der Waals surface area contributed by atoms with Crippen molar-refractivity contribution in [3.63, 3.8) is 0 Å². The minimum atomic E-state index is 0.622. The van der Waals surface area contributed by atoms with Gasteiger partial charge < -0.3 is 0 Å². The molecule has 1 unspecified atom stereocenters. The Kier molecular flexibility index (Phi) is 4.52. The van der Waals surface area contributed by atoms with Gasteiger partial charge in [0.25, 0.3) is 0 Å². The van der Waals surface area contributed by atoms with Gasteiger partial charge in [0.2, 0.25) is 0 Å². The van der Waals surface area contributed by atoms with Crippen LogP contribution in [0.25, 0.3) is 0 Å². The first kappa shape index (κ1) is 12.8. The van der Waals surface area contributed by atoms with Crippen LogP contribution in [0.4, 0.5) is 0 Å². The molecule has 0 saturated carbocycles. The summed E-state index contributed by atoms with van der Waals surface area (Å²) in [6.07, 6.45) is 7.51. The average molecular weight is 239 g/mol. The third kappa shape index (κ3) is 3.43. The summed E-state index contributed by atoms with van der Waals surface area (Å²) < 4.78 is 0. The van der Waals surface area contributed by atoms with E-state index in [9.17, 15) is 0 Å². The first-order valence-corrected chi connectivity index (χ1v) is 6.72. The molecule has 1 heterocycles. The Morgan fingerprint density at radius 1 is 1.11 bits per heavy atom. The van der Waals surface area contributed by atoms with Gasteiger partial charge >= 0.3 is 0 Å². The molecule has 0 aliphatic carbocycles. The molecule has 1 aromatic carbocycles. The quantitative estimate of drug-likeness (QED) is 0.747. The number of nitrogens with zero attached hydrogens (tertiary/aromatic N) is 1. The van der Waals surface area contributed by atoms with E-state index in [1.54, 1.807) is 0 Å². The van der Waals surface area contributed by atoms with Crippen molar-refractivity contribution in [3.8, 4) is 0 Å². The van der Waals surface area contributed by atoms with E-state index in [0.717, 1.165) is 0 Å². The molecule has 1 heteroatoms. The first-order chi connectivity index (χ1) is 8.77. The maximum Gasteiger partial charge on any atom is 0.0299 e. The van der Waals surface area contributed by atoms with E-state index < -0.39 is 0 Å². The lowest BCUT2D eigenvalue weighted by Crippen LogP contribution is -1.98. The highest BCUT2D eigenvalue weighted by atomic mass is 14.6. The Balaban J connectivity index is 1.86. The normalized spacial score (nSPS) is 12.3. The molecule has 1 nitrogen and oxygen atoms in total. The van der Waals surface area contributed by atoms with Crippen LogP contribution in [0.1, 0.15) is 42.4 Å². The van der Waals surface area contributed by atoms with Gasteiger partial charge in [0.1, 0.15) is 0 Å². The van der Waals surface area contributed by atoms with Crippen molar-refractivity contribution in [1.82, 2.24) is 4.98 Å². The zero-order chi connectivity index (χ0) is 12.8. The molecule has 2 aromatic rings. The summed E-state index contributed by atoms with van der Waals surface area (Å²) in [6.45, 7) is 4.46. The SMILES string of the molecule is Cc1cnccc1C(C)CCCc1ccccc1. The van der Waals surface area contributed by atoms with Crippen LogP contribution in [-0.2, 0) is 6.42 Å². The maximum atomic E-state index is 4.16. The lowest BCUT2D eigenvalue weighted by atomic mass is 9.92. The number of hydrogen-bond donors (Lipinski definition) is 0. The second kappa shape index (κ2) is 6.34. The Labute approximate surface area is 110 Å². The minimum absolute atomic E-state index is 0.622. The van der Waals surface area contributed by atoms with Crippen molar-refractivity contribution in [2.45, 2.75) is 39.0 Å².